The van der Waals surface area contributed by atoms with Crippen molar-refractivity contribution in [3.05, 3.63) is 63.4 Å². The summed E-state index contributed by atoms with van der Waals surface area (Å²) in [6, 6.07) is 8.75. The lowest BCUT2D eigenvalue weighted by atomic mass is 9.62. The van der Waals surface area contributed by atoms with Crippen LogP contribution in [-0.4, -0.2) is 78.9 Å². The van der Waals surface area contributed by atoms with Crippen molar-refractivity contribution in [1.82, 2.24) is 20.4 Å². The summed E-state index contributed by atoms with van der Waals surface area (Å²) in [5.74, 6) is -1.32. The molecule has 3 heterocycles. The molecule has 4 aliphatic rings. The molecule has 1 aliphatic carbocycles. The quantitative estimate of drug-likeness (QED) is 0.412. The lowest BCUT2D eigenvalue weighted by Gasteiger charge is -2.37. The Hall–Kier alpha value is -2.72. The first-order valence-corrected chi connectivity index (χ1v) is 16.3. The molecule has 2 aromatic rings. The summed E-state index contributed by atoms with van der Waals surface area (Å²) < 4.78 is 15.1. The van der Waals surface area contributed by atoms with Crippen LogP contribution in [0.2, 0.25) is 10.0 Å². The Balaban J connectivity index is 1.28. The molecule has 3 fully saturated rings. The monoisotopic (exact) mass is 643 g/mol. The maximum Gasteiger partial charge on any atom is 0.237 e. The lowest BCUT2D eigenvalue weighted by Crippen LogP contribution is -2.51. The Labute approximate surface area is 268 Å². The summed E-state index contributed by atoms with van der Waals surface area (Å²) in [6.07, 6.45) is 2.56. The Morgan fingerprint density at radius 2 is 1.82 bits per heavy atom. The molecule has 0 bridgehead atoms. The van der Waals surface area contributed by atoms with Gasteiger partial charge < -0.3 is 20.9 Å². The molecule has 4 unspecified atom stereocenters. The first-order valence-electron chi connectivity index (χ1n) is 15.5. The second-order valence-corrected chi connectivity index (χ2v) is 14.7. The third-order valence-corrected chi connectivity index (χ3v) is 10.1. The molecule has 2 saturated heterocycles. The number of carbonyl (C=O) groups is 3. The molecule has 3 amide bonds. The third-order valence-electron chi connectivity index (χ3n) is 9.53. The van der Waals surface area contributed by atoms with Gasteiger partial charge in [0.15, 0.2) is 0 Å². The molecule has 236 valence electrons. The zero-order valence-corrected chi connectivity index (χ0v) is 26.9. The number of nitrogens with one attached hydrogen (secondary N) is 3. The molecule has 0 aromatic heterocycles. The van der Waals surface area contributed by atoms with Gasteiger partial charge in [-0.25, -0.2) is 4.39 Å². The molecule has 0 radical (unpaired) electrons. The average Bonchev–Trinajstić information content (AvgIpc) is 3.71. The fourth-order valence-corrected chi connectivity index (χ4v) is 7.72. The van der Waals surface area contributed by atoms with E-state index in [1.165, 1.54) is 12.1 Å². The van der Waals surface area contributed by atoms with Crippen LogP contribution in [0.1, 0.15) is 57.1 Å². The van der Waals surface area contributed by atoms with Gasteiger partial charge in [0.25, 0.3) is 0 Å². The Morgan fingerprint density at radius 1 is 1.09 bits per heavy atom. The molecule has 11 heteroatoms. The van der Waals surface area contributed by atoms with Gasteiger partial charge in [0.05, 0.1) is 11.1 Å². The maximum absolute atomic E-state index is 15.1. The molecule has 3 aliphatic heterocycles. The van der Waals surface area contributed by atoms with E-state index in [0.29, 0.717) is 48.9 Å². The van der Waals surface area contributed by atoms with Crippen LogP contribution >= 0.6 is 23.2 Å². The first kappa shape index (κ1) is 31.3. The van der Waals surface area contributed by atoms with Crippen molar-refractivity contribution < 1.29 is 18.8 Å². The first-order chi connectivity index (χ1) is 20.9. The Kier molecular flexibility index (Phi) is 8.45. The topological polar surface area (TPSA) is 93.8 Å². The smallest absolute Gasteiger partial charge is 0.237 e. The second kappa shape index (κ2) is 11.9. The van der Waals surface area contributed by atoms with Gasteiger partial charge in [0, 0.05) is 67.9 Å². The summed E-state index contributed by atoms with van der Waals surface area (Å²) >= 11 is 12.6. The van der Waals surface area contributed by atoms with Crippen LogP contribution in [-0.2, 0) is 19.8 Å². The fraction of sp³-hybridized carbons (Fsp3) is 0.545. The molecule has 1 saturated carbocycles. The summed E-state index contributed by atoms with van der Waals surface area (Å²) in [6.45, 7) is 10.3. The standard InChI is InChI=1S/C33H40Cl2FN5O3/c1-32(2,3)18-26-33(22-16-24(36)23(35)17-25(22)38-31(33)44)27(20-5-4-6-21(34)15-20)28(39-26)29(42)37-9-10-40-11-13-41(14-12-40)30(43)19-7-8-19/h4-6,15-17,19,26-28,39H,7-14,18H2,1-3H3,(H,37,42)(H,38,44). The Bertz CT molecular complexity index is 1470. The third kappa shape index (κ3) is 5.84. The van der Waals surface area contributed by atoms with Crippen LogP contribution in [0.4, 0.5) is 10.1 Å². The predicted molar refractivity (Wildman–Crippen MR) is 169 cm³/mol. The molecule has 2 aromatic carbocycles. The highest BCUT2D eigenvalue weighted by atomic mass is 35.5. The van der Waals surface area contributed by atoms with Gasteiger partial charge in [-0.05, 0) is 60.1 Å². The van der Waals surface area contributed by atoms with Crippen molar-refractivity contribution in [3.8, 4) is 0 Å². The lowest BCUT2D eigenvalue weighted by molar-refractivity contribution is -0.134. The van der Waals surface area contributed by atoms with Crippen molar-refractivity contribution in [1.29, 1.82) is 0 Å². The number of anilines is 1. The van der Waals surface area contributed by atoms with Crippen LogP contribution in [0.25, 0.3) is 0 Å². The highest BCUT2D eigenvalue weighted by Gasteiger charge is 2.65. The van der Waals surface area contributed by atoms with Gasteiger partial charge in [-0.3, -0.25) is 19.3 Å². The predicted octanol–water partition coefficient (Wildman–Crippen LogP) is 4.55. The summed E-state index contributed by atoms with van der Waals surface area (Å²) in [7, 11) is 0. The SMILES string of the molecule is CC(C)(C)CC1NC(C(=O)NCCN2CCN(C(=O)C3CC3)CC2)C(c2cccc(Cl)c2)C12C(=O)Nc1cc(Cl)c(F)cc12. The second-order valence-electron chi connectivity index (χ2n) is 13.9. The maximum atomic E-state index is 15.1. The van der Waals surface area contributed by atoms with Gasteiger partial charge in [0.2, 0.25) is 17.7 Å². The minimum absolute atomic E-state index is 0.0780. The fourth-order valence-electron chi connectivity index (χ4n) is 7.36. The van der Waals surface area contributed by atoms with Crippen molar-refractivity contribution in [3.63, 3.8) is 0 Å². The molecule has 44 heavy (non-hydrogen) atoms. The van der Waals surface area contributed by atoms with Crippen molar-refractivity contribution in [2.24, 2.45) is 11.3 Å². The van der Waals surface area contributed by atoms with E-state index in [9.17, 15) is 14.4 Å². The number of carbonyl (C=O) groups excluding carboxylic acids is 3. The average molecular weight is 645 g/mol. The number of halogens is 3. The van der Waals surface area contributed by atoms with Crippen LogP contribution in [0.5, 0.6) is 0 Å². The number of rotatable bonds is 7. The van der Waals surface area contributed by atoms with Gasteiger partial charge in [-0.1, -0.05) is 56.1 Å². The van der Waals surface area contributed by atoms with Crippen LogP contribution in [0.3, 0.4) is 0 Å². The van der Waals surface area contributed by atoms with E-state index in [2.05, 4.69) is 41.6 Å². The molecular formula is C33H40Cl2FN5O3. The van der Waals surface area contributed by atoms with Crippen molar-refractivity contribution in [2.45, 2.75) is 63.5 Å². The molecular weight excluding hydrogens is 604 g/mol. The number of nitrogens with zero attached hydrogens (tertiary/aromatic N) is 2. The molecule has 4 atom stereocenters. The van der Waals surface area contributed by atoms with E-state index in [1.807, 2.05) is 11.0 Å². The molecule has 1 spiro atoms. The van der Waals surface area contributed by atoms with Crippen LogP contribution in [0, 0.1) is 17.2 Å². The van der Waals surface area contributed by atoms with Crippen LogP contribution in [0.15, 0.2) is 36.4 Å². The highest BCUT2D eigenvalue weighted by Crippen LogP contribution is 2.57. The number of benzene rings is 2. The van der Waals surface area contributed by atoms with E-state index in [1.54, 1.807) is 18.2 Å². The number of fused-ring (bicyclic) bond motifs is 2. The molecule has 8 nitrogen and oxygen atoms in total. The van der Waals surface area contributed by atoms with E-state index in [4.69, 9.17) is 23.2 Å². The van der Waals surface area contributed by atoms with Gasteiger partial charge in [-0.15, -0.1) is 0 Å². The number of hydrogen-bond acceptors (Lipinski definition) is 5. The number of piperazine rings is 1. The zero-order valence-electron chi connectivity index (χ0n) is 25.4. The molecule has 3 N–H and O–H groups in total. The van der Waals surface area contributed by atoms with Gasteiger partial charge in [-0.2, -0.15) is 0 Å². The van der Waals surface area contributed by atoms with Gasteiger partial charge in [0.1, 0.15) is 11.2 Å². The summed E-state index contributed by atoms with van der Waals surface area (Å²) in [5, 5.41) is 10.0. The van der Waals surface area contributed by atoms with Crippen LogP contribution < -0.4 is 16.0 Å². The van der Waals surface area contributed by atoms with E-state index in [-0.39, 0.29) is 34.1 Å². The Morgan fingerprint density at radius 3 is 2.48 bits per heavy atom. The number of hydrogen-bond donors (Lipinski definition) is 3. The van der Waals surface area contributed by atoms with Crippen molar-refractivity contribution >= 4 is 46.6 Å². The van der Waals surface area contributed by atoms with E-state index in [0.717, 1.165) is 31.5 Å². The molecule has 6 rings (SSSR count). The summed E-state index contributed by atoms with van der Waals surface area (Å²) in [4.78, 5) is 44.9. The normalized spacial score (nSPS) is 27.0. The zero-order chi connectivity index (χ0) is 31.4. The van der Waals surface area contributed by atoms with E-state index < -0.39 is 29.2 Å². The van der Waals surface area contributed by atoms with Crippen molar-refractivity contribution in [2.75, 3.05) is 44.6 Å². The highest BCUT2D eigenvalue weighted by molar-refractivity contribution is 6.31. The van der Waals surface area contributed by atoms with E-state index >= 15 is 4.39 Å². The largest absolute Gasteiger partial charge is 0.353 e. The summed E-state index contributed by atoms with van der Waals surface area (Å²) in [5.41, 5.74) is 0.160. The minimum atomic E-state index is -1.29. The number of amides is 3. The van der Waals surface area contributed by atoms with Gasteiger partial charge >= 0.3 is 0 Å². The minimum Gasteiger partial charge on any atom is -0.353 e.